The van der Waals surface area contributed by atoms with Crippen molar-refractivity contribution in [3.05, 3.63) is 94.8 Å². The lowest BCUT2D eigenvalue weighted by Crippen LogP contribution is -2.60. The highest BCUT2D eigenvalue weighted by Crippen LogP contribution is 2.37. The van der Waals surface area contributed by atoms with Gasteiger partial charge in [0.15, 0.2) is 6.20 Å². The summed E-state index contributed by atoms with van der Waals surface area (Å²) >= 11 is 5.90. The van der Waals surface area contributed by atoms with Crippen molar-refractivity contribution in [2.75, 3.05) is 0 Å². The van der Waals surface area contributed by atoms with E-state index in [1.54, 1.807) is 35.2 Å². The van der Waals surface area contributed by atoms with E-state index in [0.29, 0.717) is 16.4 Å². The van der Waals surface area contributed by atoms with Crippen molar-refractivity contribution in [2.24, 2.45) is 0 Å². The molecule has 0 spiro atoms. The lowest BCUT2D eigenvalue weighted by molar-refractivity contribution is -0.767. The third-order valence-electron chi connectivity index (χ3n) is 5.12. The van der Waals surface area contributed by atoms with E-state index in [9.17, 15) is 14.4 Å². The second-order valence-corrected chi connectivity index (χ2v) is 7.20. The van der Waals surface area contributed by atoms with Gasteiger partial charge in [-0.2, -0.15) is 4.57 Å². The Labute approximate surface area is 166 Å². The van der Waals surface area contributed by atoms with E-state index in [0.717, 1.165) is 10.6 Å². The van der Waals surface area contributed by atoms with Gasteiger partial charge in [-0.15, -0.1) is 5.06 Å². The summed E-state index contributed by atoms with van der Waals surface area (Å²) in [5.74, 6) is -0.868. The number of fused-ring (bicyclic) bond motifs is 1. The van der Waals surface area contributed by atoms with Gasteiger partial charge in [-0.25, -0.2) is 9.37 Å². The lowest BCUT2D eigenvalue weighted by atomic mass is 9.91. The van der Waals surface area contributed by atoms with Gasteiger partial charge in [0.1, 0.15) is 17.0 Å². The number of Topliss-reactive ketones (excluding diaryl/α,β-unsaturated/α-hetero) is 1. The zero-order chi connectivity index (χ0) is 19.8. The molecule has 1 aromatic carbocycles. The molecule has 7 heteroatoms. The average molecular weight is 399 g/mol. The molecule has 0 saturated heterocycles. The number of hydroxylamine groups is 2. The van der Waals surface area contributed by atoms with Crippen molar-refractivity contribution < 1.29 is 19.0 Å². The molecule has 1 aliphatic heterocycles. The van der Waals surface area contributed by atoms with E-state index in [1.807, 2.05) is 19.1 Å². The third kappa shape index (κ3) is 3.20. The predicted molar refractivity (Wildman–Crippen MR) is 100 cm³/mol. The van der Waals surface area contributed by atoms with Crippen molar-refractivity contribution >= 4 is 17.4 Å². The highest BCUT2D eigenvalue weighted by molar-refractivity contribution is 6.29. The van der Waals surface area contributed by atoms with E-state index in [-0.39, 0.29) is 11.7 Å². The third-order valence-corrected chi connectivity index (χ3v) is 5.34. The minimum Gasteiger partial charge on any atom is -0.307 e. The molecular formula is C21H18ClFN3O2+. The average Bonchev–Trinajstić information content (AvgIpc) is 2.70. The van der Waals surface area contributed by atoms with Gasteiger partial charge in [0.05, 0.1) is 5.92 Å². The molecule has 0 radical (unpaired) electrons. The SMILES string of the molecule is CC(c1ccc(Cl)nc1)C1N(O)C(c2ccc(F)cc2)C(=O)c2cccc[n+]21. The molecule has 0 fully saturated rings. The number of carbonyl (C=O) groups is 1. The molecule has 3 unspecified atom stereocenters. The Bertz CT molecular complexity index is 1010. The van der Waals surface area contributed by atoms with Crippen LogP contribution in [0.25, 0.3) is 0 Å². The number of nitrogens with zero attached hydrogens (tertiary/aromatic N) is 3. The minimum atomic E-state index is -0.935. The summed E-state index contributed by atoms with van der Waals surface area (Å²) in [5, 5.41) is 12.5. The van der Waals surface area contributed by atoms with Gasteiger partial charge in [0.25, 0.3) is 11.5 Å². The van der Waals surface area contributed by atoms with Gasteiger partial charge < -0.3 is 5.21 Å². The maximum Gasteiger partial charge on any atom is 0.252 e. The van der Waals surface area contributed by atoms with E-state index in [4.69, 9.17) is 11.6 Å². The summed E-state index contributed by atoms with van der Waals surface area (Å²) < 4.78 is 15.1. The highest BCUT2D eigenvalue weighted by Gasteiger charge is 2.49. The molecule has 1 N–H and O–H groups in total. The second-order valence-electron chi connectivity index (χ2n) is 6.81. The quantitative estimate of drug-likeness (QED) is 0.533. The fourth-order valence-electron chi connectivity index (χ4n) is 3.68. The minimum absolute atomic E-state index is 0.211. The van der Waals surface area contributed by atoms with Crippen LogP contribution < -0.4 is 4.57 Å². The largest absolute Gasteiger partial charge is 0.307 e. The number of halogens is 2. The summed E-state index contributed by atoms with van der Waals surface area (Å²) in [7, 11) is 0. The fourth-order valence-corrected chi connectivity index (χ4v) is 3.80. The van der Waals surface area contributed by atoms with Crippen LogP contribution in [0.1, 0.15) is 46.7 Å². The number of hydrogen-bond acceptors (Lipinski definition) is 4. The van der Waals surface area contributed by atoms with Gasteiger partial charge in [0.2, 0.25) is 6.17 Å². The topological polar surface area (TPSA) is 57.3 Å². The normalized spacial score (nSPS) is 20.6. The van der Waals surface area contributed by atoms with E-state index in [1.165, 1.54) is 24.3 Å². The summed E-state index contributed by atoms with van der Waals surface area (Å²) in [5.41, 5.74) is 1.86. The smallest absolute Gasteiger partial charge is 0.252 e. The van der Waals surface area contributed by atoms with Crippen LogP contribution in [0.5, 0.6) is 0 Å². The van der Waals surface area contributed by atoms with Crippen LogP contribution >= 0.6 is 11.6 Å². The van der Waals surface area contributed by atoms with E-state index < -0.39 is 18.0 Å². The van der Waals surface area contributed by atoms with Gasteiger partial charge in [-0.1, -0.05) is 36.7 Å². The Balaban J connectivity index is 1.82. The van der Waals surface area contributed by atoms with Crippen molar-refractivity contribution in [3.63, 3.8) is 0 Å². The molecule has 0 bridgehead atoms. The Morgan fingerprint density at radius 3 is 2.61 bits per heavy atom. The van der Waals surface area contributed by atoms with Crippen molar-refractivity contribution in [1.29, 1.82) is 0 Å². The Hall–Kier alpha value is -2.67. The van der Waals surface area contributed by atoms with Crippen molar-refractivity contribution in [1.82, 2.24) is 10.0 Å². The number of pyridine rings is 2. The molecule has 142 valence electrons. The molecule has 0 amide bonds. The van der Waals surface area contributed by atoms with Crippen LogP contribution in [-0.4, -0.2) is 21.0 Å². The summed E-state index contributed by atoms with van der Waals surface area (Å²) in [6.45, 7) is 1.94. The first kappa shape index (κ1) is 18.7. The standard InChI is InChI=1S/C21H18ClFN3O2/c1-13(15-7-10-18(22)24-12-15)21-25-11-3-2-4-17(25)20(27)19(26(21)28)14-5-8-16(23)9-6-14/h2-13,19,21,28H,1H3/q+1. The highest BCUT2D eigenvalue weighted by atomic mass is 35.5. The zero-order valence-electron chi connectivity index (χ0n) is 15.0. The van der Waals surface area contributed by atoms with E-state index >= 15 is 0 Å². The predicted octanol–water partition coefficient (Wildman–Crippen LogP) is 4.09. The molecule has 4 rings (SSSR count). The summed E-state index contributed by atoms with van der Waals surface area (Å²) in [4.78, 5) is 17.2. The van der Waals surface area contributed by atoms with Crippen LogP contribution in [0.3, 0.4) is 0 Å². The van der Waals surface area contributed by atoms with Gasteiger partial charge in [0, 0.05) is 18.3 Å². The first-order valence-electron chi connectivity index (χ1n) is 8.86. The first-order valence-corrected chi connectivity index (χ1v) is 9.23. The molecule has 1 aliphatic rings. The number of aromatic nitrogens is 2. The van der Waals surface area contributed by atoms with Crippen LogP contribution in [0.15, 0.2) is 67.0 Å². The molecule has 0 aliphatic carbocycles. The van der Waals surface area contributed by atoms with Crippen molar-refractivity contribution in [2.45, 2.75) is 25.0 Å². The second kappa shape index (κ2) is 7.39. The Kier molecular flexibility index (Phi) is 4.93. The molecule has 0 saturated carbocycles. The molecule has 3 aromatic rings. The molecule has 28 heavy (non-hydrogen) atoms. The van der Waals surface area contributed by atoms with Crippen LogP contribution in [0.4, 0.5) is 4.39 Å². The zero-order valence-corrected chi connectivity index (χ0v) is 15.8. The number of ketones is 1. The fraction of sp³-hybridized carbons (Fsp3) is 0.190. The Morgan fingerprint density at radius 1 is 1.18 bits per heavy atom. The number of rotatable bonds is 3. The maximum atomic E-state index is 13.4. The van der Waals surface area contributed by atoms with E-state index in [2.05, 4.69) is 4.98 Å². The number of carbonyl (C=O) groups excluding carboxylic acids is 1. The van der Waals surface area contributed by atoms with Gasteiger partial charge >= 0.3 is 0 Å². The summed E-state index contributed by atoms with van der Waals surface area (Å²) in [6, 6.07) is 13.5. The lowest BCUT2D eigenvalue weighted by Gasteiger charge is -2.35. The number of benzene rings is 1. The van der Waals surface area contributed by atoms with Crippen molar-refractivity contribution in [3.8, 4) is 0 Å². The van der Waals surface area contributed by atoms with Crippen LogP contribution in [-0.2, 0) is 0 Å². The molecule has 5 nitrogen and oxygen atoms in total. The molecule has 2 aromatic heterocycles. The Morgan fingerprint density at radius 2 is 1.93 bits per heavy atom. The molecule has 3 atom stereocenters. The van der Waals surface area contributed by atoms with Gasteiger partial charge in [-0.05, 0) is 35.4 Å². The first-order chi connectivity index (χ1) is 13.5. The van der Waals surface area contributed by atoms with Gasteiger partial charge in [-0.3, -0.25) is 4.79 Å². The molecule has 3 heterocycles. The monoisotopic (exact) mass is 398 g/mol. The number of hydrogen-bond donors (Lipinski definition) is 1. The van der Waals surface area contributed by atoms with Crippen LogP contribution in [0.2, 0.25) is 5.15 Å². The molecular weight excluding hydrogens is 381 g/mol. The summed E-state index contributed by atoms with van der Waals surface area (Å²) in [6.07, 6.45) is 2.86. The van der Waals surface area contributed by atoms with Crippen LogP contribution in [0, 0.1) is 5.82 Å². The maximum absolute atomic E-state index is 13.4.